The first-order valence-corrected chi connectivity index (χ1v) is 4.64. The summed E-state index contributed by atoms with van der Waals surface area (Å²) in [5.41, 5.74) is 2.30. The molecule has 0 aliphatic carbocycles. The summed E-state index contributed by atoms with van der Waals surface area (Å²) in [6, 6.07) is 6.07. The molecule has 1 aromatic rings. The van der Waals surface area contributed by atoms with Gasteiger partial charge in [0.05, 0.1) is 6.61 Å². The Kier molecular flexibility index (Phi) is 3.29. The average Bonchev–Trinajstić information content (AvgIpc) is 2.08. The standard InChI is InChI=1S/C10H12BrO/c1-7-5-9(8(2)6-12)3-4-10(7)11/h3-5,12H,6H2,1-2H3. The third-order valence-corrected chi connectivity index (χ3v) is 2.78. The monoisotopic (exact) mass is 227 g/mol. The number of hydrogen-bond donors (Lipinski definition) is 1. The molecule has 1 aromatic carbocycles. The summed E-state index contributed by atoms with van der Waals surface area (Å²) >= 11 is 3.43. The lowest BCUT2D eigenvalue weighted by Crippen LogP contribution is -1.99. The smallest absolute Gasteiger partial charge is 0.0534 e. The Morgan fingerprint density at radius 2 is 2.17 bits per heavy atom. The van der Waals surface area contributed by atoms with Crippen LogP contribution in [0.25, 0.3) is 0 Å². The molecule has 0 aliphatic rings. The van der Waals surface area contributed by atoms with Crippen LogP contribution >= 0.6 is 15.9 Å². The lowest BCUT2D eigenvalue weighted by atomic mass is 10.0. The molecule has 1 N–H and O–H groups in total. The van der Waals surface area contributed by atoms with Gasteiger partial charge in [0.15, 0.2) is 0 Å². The fraction of sp³-hybridized carbons (Fsp3) is 0.300. The first-order chi connectivity index (χ1) is 5.65. The van der Waals surface area contributed by atoms with Gasteiger partial charge in [0.25, 0.3) is 0 Å². The van der Waals surface area contributed by atoms with Crippen molar-refractivity contribution in [1.29, 1.82) is 0 Å². The first-order valence-electron chi connectivity index (χ1n) is 3.85. The number of rotatable bonds is 2. The van der Waals surface area contributed by atoms with Crippen molar-refractivity contribution in [3.05, 3.63) is 39.7 Å². The zero-order valence-corrected chi connectivity index (χ0v) is 8.85. The molecule has 0 heterocycles. The van der Waals surface area contributed by atoms with Gasteiger partial charge in [-0.3, -0.25) is 0 Å². The molecule has 0 spiro atoms. The molecule has 0 amide bonds. The SMILES string of the molecule is C[C](CO)c1ccc(Br)c(C)c1. The number of aliphatic hydroxyl groups excluding tert-OH is 1. The zero-order valence-electron chi connectivity index (χ0n) is 7.26. The second-order valence-corrected chi connectivity index (χ2v) is 3.76. The van der Waals surface area contributed by atoms with Crippen LogP contribution in [-0.2, 0) is 0 Å². The van der Waals surface area contributed by atoms with Gasteiger partial charge in [0, 0.05) is 10.4 Å². The van der Waals surface area contributed by atoms with Gasteiger partial charge in [-0.15, -0.1) is 0 Å². The van der Waals surface area contributed by atoms with E-state index in [0.29, 0.717) is 0 Å². The number of hydrogen-bond acceptors (Lipinski definition) is 1. The minimum atomic E-state index is 0.126. The maximum Gasteiger partial charge on any atom is 0.0534 e. The number of aliphatic hydroxyl groups is 1. The van der Waals surface area contributed by atoms with Gasteiger partial charge in [-0.2, -0.15) is 0 Å². The zero-order chi connectivity index (χ0) is 9.14. The number of benzene rings is 1. The van der Waals surface area contributed by atoms with E-state index in [1.165, 1.54) is 5.56 Å². The quantitative estimate of drug-likeness (QED) is 0.825. The van der Waals surface area contributed by atoms with Crippen LogP contribution in [0.1, 0.15) is 18.1 Å². The van der Waals surface area contributed by atoms with Crippen LogP contribution in [0.4, 0.5) is 0 Å². The Balaban J connectivity index is 2.96. The Labute approximate surface area is 81.6 Å². The molecule has 2 heteroatoms. The fourth-order valence-corrected chi connectivity index (χ4v) is 1.25. The lowest BCUT2D eigenvalue weighted by molar-refractivity contribution is 0.315. The van der Waals surface area contributed by atoms with Crippen molar-refractivity contribution >= 4 is 15.9 Å². The van der Waals surface area contributed by atoms with Crippen LogP contribution in [-0.4, -0.2) is 11.7 Å². The summed E-state index contributed by atoms with van der Waals surface area (Å²) in [6.07, 6.45) is 0. The van der Waals surface area contributed by atoms with E-state index in [2.05, 4.69) is 22.0 Å². The second-order valence-electron chi connectivity index (χ2n) is 2.90. The largest absolute Gasteiger partial charge is 0.395 e. The Morgan fingerprint density at radius 1 is 1.50 bits per heavy atom. The average molecular weight is 228 g/mol. The molecule has 0 aromatic heterocycles. The van der Waals surface area contributed by atoms with Crippen molar-refractivity contribution in [1.82, 2.24) is 0 Å². The van der Waals surface area contributed by atoms with Crippen molar-refractivity contribution < 1.29 is 5.11 Å². The lowest BCUT2D eigenvalue weighted by Gasteiger charge is -2.08. The van der Waals surface area contributed by atoms with Gasteiger partial charge in [-0.25, -0.2) is 0 Å². The molecule has 65 valence electrons. The third-order valence-electron chi connectivity index (χ3n) is 1.89. The first kappa shape index (κ1) is 9.75. The molecule has 0 unspecified atom stereocenters. The minimum Gasteiger partial charge on any atom is -0.395 e. The second kappa shape index (κ2) is 4.06. The summed E-state index contributed by atoms with van der Waals surface area (Å²) < 4.78 is 1.11. The summed E-state index contributed by atoms with van der Waals surface area (Å²) in [6.45, 7) is 4.10. The van der Waals surface area contributed by atoms with Crippen LogP contribution in [0.3, 0.4) is 0 Å². The number of halogens is 1. The molecular formula is C10H12BrO. The van der Waals surface area contributed by atoms with Crippen molar-refractivity contribution in [3.63, 3.8) is 0 Å². The molecule has 0 saturated carbocycles. The summed E-state index contributed by atoms with van der Waals surface area (Å²) in [5, 5.41) is 8.90. The molecular weight excluding hydrogens is 216 g/mol. The highest BCUT2D eigenvalue weighted by Gasteiger charge is 2.05. The van der Waals surface area contributed by atoms with Crippen LogP contribution < -0.4 is 0 Å². The maximum absolute atomic E-state index is 8.90. The number of aryl methyl sites for hydroxylation is 1. The van der Waals surface area contributed by atoms with E-state index < -0.39 is 0 Å². The highest BCUT2D eigenvalue weighted by molar-refractivity contribution is 9.10. The van der Waals surface area contributed by atoms with E-state index in [9.17, 15) is 0 Å². The summed E-state index contributed by atoms with van der Waals surface area (Å²) in [4.78, 5) is 0. The predicted molar refractivity (Wildman–Crippen MR) is 54.0 cm³/mol. The van der Waals surface area contributed by atoms with E-state index in [1.807, 2.05) is 26.0 Å². The highest BCUT2D eigenvalue weighted by atomic mass is 79.9. The van der Waals surface area contributed by atoms with Gasteiger partial charge in [-0.05, 0) is 24.1 Å². The molecule has 1 nitrogen and oxygen atoms in total. The summed E-state index contributed by atoms with van der Waals surface area (Å²) in [7, 11) is 0. The Morgan fingerprint density at radius 3 is 2.67 bits per heavy atom. The van der Waals surface area contributed by atoms with Crippen LogP contribution in [0.5, 0.6) is 0 Å². The van der Waals surface area contributed by atoms with Crippen molar-refractivity contribution in [2.24, 2.45) is 0 Å². The Bertz CT molecular complexity index is 271. The third kappa shape index (κ3) is 2.08. The van der Waals surface area contributed by atoms with E-state index in [-0.39, 0.29) is 6.61 Å². The van der Waals surface area contributed by atoms with Gasteiger partial charge >= 0.3 is 0 Å². The highest BCUT2D eigenvalue weighted by Crippen LogP contribution is 2.21. The van der Waals surface area contributed by atoms with Crippen LogP contribution in [0.2, 0.25) is 0 Å². The van der Waals surface area contributed by atoms with Gasteiger partial charge in [-0.1, -0.05) is 35.0 Å². The predicted octanol–water partition coefficient (Wildman–Crippen LogP) is 2.69. The molecule has 0 bridgehead atoms. The van der Waals surface area contributed by atoms with Gasteiger partial charge in [0.1, 0.15) is 0 Å². The molecule has 1 rings (SSSR count). The summed E-state index contributed by atoms with van der Waals surface area (Å²) in [5.74, 6) is 1.01. The topological polar surface area (TPSA) is 20.2 Å². The van der Waals surface area contributed by atoms with Crippen LogP contribution in [0, 0.1) is 12.8 Å². The van der Waals surface area contributed by atoms with Gasteiger partial charge in [0.2, 0.25) is 0 Å². The normalized spacial score (nSPS) is 10.8. The molecule has 0 fully saturated rings. The minimum absolute atomic E-state index is 0.126. The Hall–Kier alpha value is -0.340. The van der Waals surface area contributed by atoms with E-state index in [0.717, 1.165) is 16.0 Å². The molecule has 0 saturated heterocycles. The fourth-order valence-electron chi connectivity index (χ4n) is 1.00. The van der Waals surface area contributed by atoms with Gasteiger partial charge < -0.3 is 5.11 Å². The van der Waals surface area contributed by atoms with Crippen LogP contribution in [0.15, 0.2) is 22.7 Å². The molecule has 12 heavy (non-hydrogen) atoms. The van der Waals surface area contributed by atoms with E-state index >= 15 is 0 Å². The molecule has 1 radical (unpaired) electrons. The maximum atomic E-state index is 8.90. The van der Waals surface area contributed by atoms with Crippen molar-refractivity contribution in [3.8, 4) is 0 Å². The van der Waals surface area contributed by atoms with Crippen molar-refractivity contribution in [2.45, 2.75) is 13.8 Å². The molecule has 0 aliphatic heterocycles. The van der Waals surface area contributed by atoms with Crippen molar-refractivity contribution in [2.75, 3.05) is 6.61 Å². The van der Waals surface area contributed by atoms with E-state index in [4.69, 9.17) is 5.11 Å². The molecule has 0 atom stereocenters. The van der Waals surface area contributed by atoms with E-state index in [1.54, 1.807) is 0 Å².